The Balaban J connectivity index is 1.88. The average Bonchev–Trinajstić information content (AvgIpc) is 2.51. The fourth-order valence-corrected chi connectivity index (χ4v) is 3.06. The lowest BCUT2D eigenvalue weighted by Gasteiger charge is -2.42. The first kappa shape index (κ1) is 15.0. The molecule has 2 aromatic carbocycles. The van der Waals surface area contributed by atoms with Crippen molar-refractivity contribution in [2.45, 2.75) is 26.0 Å². The van der Waals surface area contributed by atoms with Crippen LogP contribution in [0.2, 0.25) is 0 Å². The van der Waals surface area contributed by atoms with E-state index in [0.717, 1.165) is 18.7 Å². The van der Waals surface area contributed by atoms with Gasteiger partial charge in [-0.25, -0.2) is 0 Å². The lowest BCUT2D eigenvalue weighted by atomic mass is 9.90. The third-order valence-corrected chi connectivity index (χ3v) is 4.57. The SMILES string of the molecule is CC(=C1CN(C(c2ccccc2)c2ccccc2)C1)[C@@H](C)O. The number of rotatable bonds is 4. The Morgan fingerprint density at radius 2 is 1.36 bits per heavy atom. The fraction of sp³-hybridized carbons (Fsp3) is 0.300. The Kier molecular flexibility index (Phi) is 4.41. The number of aliphatic hydroxyl groups excluding tert-OH is 1. The minimum atomic E-state index is -0.343. The van der Waals surface area contributed by atoms with Crippen molar-refractivity contribution in [3.8, 4) is 0 Å². The van der Waals surface area contributed by atoms with Crippen molar-refractivity contribution in [3.05, 3.63) is 82.9 Å². The van der Waals surface area contributed by atoms with E-state index in [-0.39, 0.29) is 12.1 Å². The Labute approximate surface area is 132 Å². The van der Waals surface area contributed by atoms with Crippen molar-refractivity contribution in [2.75, 3.05) is 13.1 Å². The molecule has 22 heavy (non-hydrogen) atoms. The zero-order valence-corrected chi connectivity index (χ0v) is 13.2. The zero-order chi connectivity index (χ0) is 15.5. The van der Waals surface area contributed by atoms with Gasteiger partial charge in [-0.05, 0) is 36.1 Å². The molecule has 1 N–H and O–H groups in total. The molecule has 3 rings (SSSR count). The number of hydrogen-bond acceptors (Lipinski definition) is 2. The Morgan fingerprint density at radius 1 is 0.909 bits per heavy atom. The van der Waals surface area contributed by atoms with Crippen molar-refractivity contribution in [3.63, 3.8) is 0 Å². The molecule has 0 aliphatic carbocycles. The quantitative estimate of drug-likeness (QED) is 0.867. The molecule has 1 heterocycles. The van der Waals surface area contributed by atoms with E-state index >= 15 is 0 Å². The van der Waals surface area contributed by atoms with Crippen molar-refractivity contribution in [1.82, 2.24) is 4.90 Å². The normalized spacial score (nSPS) is 16.5. The second kappa shape index (κ2) is 6.47. The van der Waals surface area contributed by atoms with Crippen LogP contribution in [0, 0.1) is 0 Å². The summed E-state index contributed by atoms with van der Waals surface area (Å²) in [6.45, 7) is 5.75. The molecule has 2 heteroatoms. The van der Waals surface area contributed by atoms with Crippen molar-refractivity contribution >= 4 is 0 Å². The molecule has 1 fully saturated rings. The molecule has 1 aliphatic rings. The Morgan fingerprint density at radius 3 is 1.77 bits per heavy atom. The van der Waals surface area contributed by atoms with E-state index in [1.165, 1.54) is 16.7 Å². The van der Waals surface area contributed by atoms with E-state index in [4.69, 9.17) is 0 Å². The van der Waals surface area contributed by atoms with Gasteiger partial charge in [-0.2, -0.15) is 0 Å². The third-order valence-electron chi connectivity index (χ3n) is 4.57. The van der Waals surface area contributed by atoms with Crippen molar-refractivity contribution in [1.29, 1.82) is 0 Å². The molecule has 1 atom stereocenters. The van der Waals surface area contributed by atoms with Crippen molar-refractivity contribution < 1.29 is 5.11 Å². The van der Waals surface area contributed by atoms with Crippen LogP contribution in [0.15, 0.2) is 71.8 Å². The van der Waals surface area contributed by atoms with Gasteiger partial charge >= 0.3 is 0 Å². The molecule has 0 spiro atoms. The van der Waals surface area contributed by atoms with Crippen LogP contribution in [0.1, 0.15) is 31.0 Å². The topological polar surface area (TPSA) is 23.5 Å². The van der Waals surface area contributed by atoms with Crippen LogP contribution in [-0.4, -0.2) is 29.2 Å². The van der Waals surface area contributed by atoms with Gasteiger partial charge in [-0.1, -0.05) is 60.7 Å². The van der Waals surface area contributed by atoms with Gasteiger partial charge in [0.15, 0.2) is 0 Å². The molecular formula is C20H23NO. The number of benzene rings is 2. The van der Waals surface area contributed by atoms with E-state index in [2.05, 4.69) is 65.6 Å². The molecule has 0 radical (unpaired) electrons. The van der Waals surface area contributed by atoms with Crippen LogP contribution in [0.25, 0.3) is 0 Å². The average molecular weight is 293 g/mol. The monoisotopic (exact) mass is 293 g/mol. The first-order valence-corrected chi connectivity index (χ1v) is 7.87. The van der Waals surface area contributed by atoms with Crippen LogP contribution in [0.3, 0.4) is 0 Å². The maximum Gasteiger partial charge on any atom is 0.0722 e. The molecule has 2 aromatic rings. The fourth-order valence-electron chi connectivity index (χ4n) is 3.06. The molecule has 0 unspecified atom stereocenters. The summed E-state index contributed by atoms with van der Waals surface area (Å²) >= 11 is 0. The molecule has 0 saturated carbocycles. The molecule has 0 bridgehead atoms. The highest BCUT2D eigenvalue weighted by Gasteiger charge is 2.31. The molecule has 0 aromatic heterocycles. The van der Waals surface area contributed by atoms with E-state index in [0.29, 0.717) is 0 Å². The summed E-state index contributed by atoms with van der Waals surface area (Å²) in [5, 5.41) is 9.74. The predicted molar refractivity (Wildman–Crippen MR) is 90.7 cm³/mol. The van der Waals surface area contributed by atoms with Gasteiger partial charge in [0, 0.05) is 13.1 Å². The maximum absolute atomic E-state index is 9.74. The minimum Gasteiger partial charge on any atom is -0.389 e. The first-order chi connectivity index (χ1) is 10.7. The van der Waals surface area contributed by atoms with Crippen LogP contribution in [0.5, 0.6) is 0 Å². The van der Waals surface area contributed by atoms with Crippen LogP contribution >= 0.6 is 0 Å². The molecular weight excluding hydrogens is 270 g/mol. The number of likely N-dealkylation sites (tertiary alicyclic amines) is 1. The molecule has 114 valence electrons. The van der Waals surface area contributed by atoms with Gasteiger partial charge in [-0.15, -0.1) is 0 Å². The van der Waals surface area contributed by atoms with Gasteiger partial charge in [-0.3, -0.25) is 4.90 Å². The van der Waals surface area contributed by atoms with E-state index in [9.17, 15) is 5.11 Å². The highest BCUT2D eigenvalue weighted by atomic mass is 16.3. The predicted octanol–water partition coefficient (Wildman–Crippen LogP) is 3.79. The standard InChI is InChI=1S/C20H23NO/c1-15(16(2)22)19-13-21(14-19)20(17-9-5-3-6-10-17)18-11-7-4-8-12-18/h3-12,16,20,22H,13-14H2,1-2H3/t16-/m1/s1. The summed E-state index contributed by atoms with van der Waals surface area (Å²) in [5.41, 5.74) is 5.13. The summed E-state index contributed by atoms with van der Waals surface area (Å²) in [6, 6.07) is 21.6. The van der Waals surface area contributed by atoms with E-state index < -0.39 is 0 Å². The molecule has 1 aliphatic heterocycles. The maximum atomic E-state index is 9.74. The minimum absolute atomic E-state index is 0.285. The second-order valence-electron chi connectivity index (χ2n) is 6.09. The van der Waals surface area contributed by atoms with Gasteiger partial charge in [0.25, 0.3) is 0 Å². The number of hydrogen-bond donors (Lipinski definition) is 1. The Bertz CT molecular complexity index is 598. The second-order valence-corrected chi connectivity index (χ2v) is 6.09. The molecule has 2 nitrogen and oxygen atoms in total. The van der Waals surface area contributed by atoms with Crippen LogP contribution in [-0.2, 0) is 0 Å². The third kappa shape index (κ3) is 2.99. The number of nitrogens with zero attached hydrogens (tertiary/aromatic N) is 1. The van der Waals surface area contributed by atoms with Gasteiger partial charge < -0.3 is 5.11 Å². The summed E-state index contributed by atoms with van der Waals surface area (Å²) in [4.78, 5) is 2.46. The van der Waals surface area contributed by atoms with Gasteiger partial charge in [0.05, 0.1) is 12.1 Å². The zero-order valence-electron chi connectivity index (χ0n) is 13.2. The largest absolute Gasteiger partial charge is 0.389 e. The smallest absolute Gasteiger partial charge is 0.0722 e. The molecule has 1 saturated heterocycles. The van der Waals surface area contributed by atoms with Gasteiger partial charge in [0.2, 0.25) is 0 Å². The first-order valence-electron chi connectivity index (χ1n) is 7.87. The number of aliphatic hydroxyl groups is 1. The lowest BCUT2D eigenvalue weighted by molar-refractivity contribution is 0.185. The summed E-state index contributed by atoms with van der Waals surface area (Å²) in [5.74, 6) is 0. The summed E-state index contributed by atoms with van der Waals surface area (Å²) < 4.78 is 0. The van der Waals surface area contributed by atoms with E-state index in [1.54, 1.807) is 0 Å². The lowest BCUT2D eigenvalue weighted by Crippen LogP contribution is -2.44. The highest BCUT2D eigenvalue weighted by Crippen LogP contribution is 2.35. The van der Waals surface area contributed by atoms with Crippen molar-refractivity contribution in [2.24, 2.45) is 0 Å². The van der Waals surface area contributed by atoms with E-state index in [1.807, 2.05) is 13.8 Å². The Hall–Kier alpha value is -1.90. The van der Waals surface area contributed by atoms with Crippen LogP contribution < -0.4 is 0 Å². The summed E-state index contributed by atoms with van der Waals surface area (Å²) in [7, 11) is 0. The summed E-state index contributed by atoms with van der Waals surface area (Å²) in [6.07, 6.45) is -0.343. The molecule has 0 amide bonds. The van der Waals surface area contributed by atoms with Gasteiger partial charge in [0.1, 0.15) is 0 Å². The highest BCUT2D eigenvalue weighted by molar-refractivity contribution is 5.35. The van der Waals surface area contributed by atoms with Crippen LogP contribution in [0.4, 0.5) is 0 Å².